The fourth-order valence-electron chi connectivity index (χ4n) is 3.13. The Morgan fingerprint density at radius 1 is 1.44 bits per heavy atom. The summed E-state index contributed by atoms with van der Waals surface area (Å²) in [5.74, 6) is 0. The average molecular weight is 256 g/mol. The van der Waals surface area contributed by atoms with Crippen molar-refractivity contribution in [3.8, 4) is 0 Å². The molecule has 4 heteroatoms. The Morgan fingerprint density at radius 2 is 2.17 bits per heavy atom. The number of nitrogens with two attached hydrogens (primary N) is 1. The Hall–Kier alpha value is -0.160. The summed E-state index contributed by atoms with van der Waals surface area (Å²) >= 11 is 0. The summed E-state index contributed by atoms with van der Waals surface area (Å²) in [5, 5.41) is 0. The topological polar surface area (TPSA) is 47.7 Å². The van der Waals surface area contributed by atoms with Crippen LogP contribution in [0.4, 0.5) is 0 Å². The van der Waals surface area contributed by atoms with E-state index in [1.807, 2.05) is 0 Å². The van der Waals surface area contributed by atoms with Crippen LogP contribution in [0.1, 0.15) is 34.1 Å². The van der Waals surface area contributed by atoms with E-state index in [1.165, 1.54) is 0 Å². The molecule has 1 aliphatic heterocycles. The van der Waals surface area contributed by atoms with Crippen LogP contribution in [-0.2, 0) is 9.47 Å². The summed E-state index contributed by atoms with van der Waals surface area (Å²) in [6.07, 6.45) is 1.28. The number of hydrogen-bond donors (Lipinski definition) is 1. The van der Waals surface area contributed by atoms with Crippen molar-refractivity contribution in [3.05, 3.63) is 0 Å². The summed E-state index contributed by atoms with van der Waals surface area (Å²) in [7, 11) is 0. The zero-order valence-corrected chi connectivity index (χ0v) is 12.2. The molecule has 0 aromatic heterocycles. The second-order valence-electron chi connectivity index (χ2n) is 6.42. The highest BCUT2D eigenvalue weighted by molar-refractivity contribution is 5.15. The van der Waals surface area contributed by atoms with Crippen LogP contribution >= 0.6 is 0 Å². The Labute approximate surface area is 111 Å². The van der Waals surface area contributed by atoms with Crippen LogP contribution in [0.15, 0.2) is 0 Å². The number of ether oxygens (including phenoxy) is 2. The molecule has 3 atom stereocenters. The molecule has 1 saturated heterocycles. The molecule has 1 heterocycles. The third-order valence-electron chi connectivity index (χ3n) is 5.00. The number of morpholine rings is 1. The fraction of sp³-hybridized carbons (Fsp3) is 1.00. The second kappa shape index (κ2) is 5.08. The normalized spacial score (nSPS) is 40.5. The first kappa shape index (κ1) is 14.3. The highest BCUT2D eigenvalue weighted by Gasteiger charge is 2.59. The van der Waals surface area contributed by atoms with Crippen molar-refractivity contribution in [2.45, 2.75) is 51.8 Å². The lowest BCUT2D eigenvalue weighted by atomic mass is 9.54. The summed E-state index contributed by atoms with van der Waals surface area (Å²) in [6.45, 7) is 13.1. The summed E-state index contributed by atoms with van der Waals surface area (Å²) in [5.41, 5.74) is 6.56. The van der Waals surface area contributed by atoms with E-state index < -0.39 is 0 Å². The first-order valence-electron chi connectivity index (χ1n) is 7.13. The fourth-order valence-corrected chi connectivity index (χ4v) is 3.13. The van der Waals surface area contributed by atoms with Crippen LogP contribution in [0.25, 0.3) is 0 Å². The van der Waals surface area contributed by atoms with Gasteiger partial charge in [-0.05, 0) is 20.3 Å². The van der Waals surface area contributed by atoms with Crippen LogP contribution in [0.5, 0.6) is 0 Å². The standard InChI is InChI=1S/C14H28N2O2/c1-5-18-12-8-14(15,13(12,3)4)10-16-6-7-17-9-11(16)2/h11-12H,5-10,15H2,1-4H3. The molecule has 0 aromatic carbocycles. The summed E-state index contributed by atoms with van der Waals surface area (Å²) < 4.78 is 11.3. The molecular formula is C14H28N2O2. The number of hydrogen-bond acceptors (Lipinski definition) is 4. The third-order valence-corrected chi connectivity index (χ3v) is 5.00. The molecule has 2 fully saturated rings. The molecule has 0 bridgehead atoms. The van der Waals surface area contributed by atoms with Crippen molar-refractivity contribution < 1.29 is 9.47 Å². The van der Waals surface area contributed by atoms with E-state index in [4.69, 9.17) is 15.2 Å². The molecule has 1 saturated carbocycles. The molecule has 106 valence electrons. The maximum atomic E-state index is 6.63. The van der Waals surface area contributed by atoms with Crippen LogP contribution in [0.2, 0.25) is 0 Å². The predicted octanol–water partition coefficient (Wildman–Crippen LogP) is 1.24. The smallest absolute Gasteiger partial charge is 0.0662 e. The van der Waals surface area contributed by atoms with Gasteiger partial charge in [0.1, 0.15) is 0 Å². The minimum atomic E-state index is -0.127. The maximum Gasteiger partial charge on any atom is 0.0662 e. The van der Waals surface area contributed by atoms with E-state index in [0.717, 1.165) is 39.3 Å². The first-order valence-corrected chi connectivity index (χ1v) is 7.13. The first-order chi connectivity index (χ1) is 8.40. The zero-order chi connectivity index (χ0) is 13.4. The largest absolute Gasteiger partial charge is 0.379 e. The van der Waals surface area contributed by atoms with E-state index in [0.29, 0.717) is 12.1 Å². The van der Waals surface area contributed by atoms with E-state index in [1.54, 1.807) is 0 Å². The highest BCUT2D eigenvalue weighted by Crippen LogP contribution is 2.50. The van der Waals surface area contributed by atoms with Gasteiger partial charge in [-0.3, -0.25) is 4.90 Å². The van der Waals surface area contributed by atoms with Crippen molar-refractivity contribution >= 4 is 0 Å². The van der Waals surface area contributed by atoms with E-state index in [9.17, 15) is 0 Å². The predicted molar refractivity (Wildman–Crippen MR) is 72.6 cm³/mol. The van der Waals surface area contributed by atoms with Gasteiger partial charge in [-0.2, -0.15) is 0 Å². The number of nitrogens with zero attached hydrogens (tertiary/aromatic N) is 1. The Morgan fingerprint density at radius 3 is 2.72 bits per heavy atom. The van der Waals surface area contributed by atoms with Gasteiger partial charge in [0.2, 0.25) is 0 Å². The molecular weight excluding hydrogens is 228 g/mol. The van der Waals surface area contributed by atoms with Crippen molar-refractivity contribution in [3.63, 3.8) is 0 Å². The van der Waals surface area contributed by atoms with E-state index >= 15 is 0 Å². The molecule has 18 heavy (non-hydrogen) atoms. The average Bonchev–Trinajstić information content (AvgIpc) is 2.32. The second-order valence-corrected chi connectivity index (χ2v) is 6.42. The summed E-state index contributed by atoms with van der Waals surface area (Å²) in [6, 6.07) is 0.473. The van der Waals surface area contributed by atoms with Gasteiger partial charge in [-0.15, -0.1) is 0 Å². The molecule has 0 aromatic rings. The maximum absolute atomic E-state index is 6.63. The van der Waals surface area contributed by atoms with Gasteiger partial charge >= 0.3 is 0 Å². The lowest BCUT2D eigenvalue weighted by molar-refractivity contribution is -0.163. The quantitative estimate of drug-likeness (QED) is 0.822. The van der Waals surface area contributed by atoms with Crippen molar-refractivity contribution in [1.29, 1.82) is 0 Å². The molecule has 0 radical (unpaired) electrons. The molecule has 2 aliphatic rings. The van der Waals surface area contributed by atoms with Gasteiger partial charge in [-0.25, -0.2) is 0 Å². The van der Waals surface area contributed by atoms with Gasteiger partial charge in [0.25, 0.3) is 0 Å². The molecule has 2 N–H and O–H groups in total. The SMILES string of the molecule is CCOC1CC(N)(CN2CCOCC2C)C1(C)C. The van der Waals surface area contributed by atoms with Crippen molar-refractivity contribution in [2.75, 3.05) is 32.9 Å². The molecule has 0 amide bonds. The van der Waals surface area contributed by atoms with Crippen LogP contribution in [0.3, 0.4) is 0 Å². The Balaban J connectivity index is 1.96. The molecule has 4 nitrogen and oxygen atoms in total. The number of rotatable bonds is 4. The molecule has 3 unspecified atom stereocenters. The highest BCUT2D eigenvalue weighted by atomic mass is 16.5. The van der Waals surface area contributed by atoms with E-state index in [-0.39, 0.29) is 11.0 Å². The molecule has 2 rings (SSSR count). The van der Waals surface area contributed by atoms with Gasteiger partial charge in [-0.1, -0.05) is 13.8 Å². The van der Waals surface area contributed by atoms with Gasteiger partial charge in [0.15, 0.2) is 0 Å². The Kier molecular flexibility index (Phi) is 4.02. The van der Waals surface area contributed by atoms with Gasteiger partial charge in [0, 0.05) is 36.7 Å². The Bertz CT molecular complexity index is 296. The lowest BCUT2D eigenvalue weighted by Crippen LogP contribution is -2.74. The van der Waals surface area contributed by atoms with Crippen LogP contribution in [0, 0.1) is 5.41 Å². The molecule has 1 aliphatic carbocycles. The monoisotopic (exact) mass is 256 g/mol. The van der Waals surface area contributed by atoms with Crippen LogP contribution < -0.4 is 5.73 Å². The van der Waals surface area contributed by atoms with Crippen molar-refractivity contribution in [2.24, 2.45) is 11.1 Å². The van der Waals surface area contributed by atoms with E-state index in [2.05, 4.69) is 32.6 Å². The van der Waals surface area contributed by atoms with Crippen molar-refractivity contribution in [1.82, 2.24) is 4.90 Å². The summed E-state index contributed by atoms with van der Waals surface area (Å²) in [4.78, 5) is 2.47. The third kappa shape index (κ3) is 2.31. The minimum Gasteiger partial charge on any atom is -0.379 e. The zero-order valence-electron chi connectivity index (χ0n) is 12.2. The minimum absolute atomic E-state index is 0.0566. The van der Waals surface area contributed by atoms with Gasteiger partial charge < -0.3 is 15.2 Å². The van der Waals surface area contributed by atoms with Crippen LogP contribution in [-0.4, -0.2) is 55.5 Å². The molecule has 0 spiro atoms. The lowest BCUT2D eigenvalue weighted by Gasteiger charge is -2.61. The van der Waals surface area contributed by atoms with Gasteiger partial charge in [0.05, 0.1) is 19.3 Å².